The van der Waals surface area contributed by atoms with Crippen LogP contribution in [0.1, 0.15) is 5.56 Å². The Morgan fingerprint density at radius 1 is 1.36 bits per heavy atom. The van der Waals surface area contributed by atoms with Crippen LogP contribution in [0.25, 0.3) is 0 Å². The largest absolute Gasteiger partial charge is 0.611 e. The first kappa shape index (κ1) is 26.2. The molecule has 6 atom stereocenters. The van der Waals surface area contributed by atoms with Crippen LogP contribution in [0.3, 0.4) is 0 Å². The second kappa shape index (κ2) is 11.0. The van der Waals surface area contributed by atoms with Crippen LogP contribution in [0.4, 0.5) is 17.3 Å². The number of aliphatic imine (C=N–C) groups is 1. The molecule has 193 valence electrons. The molecule has 1 radical (unpaired) electrons. The van der Waals surface area contributed by atoms with Gasteiger partial charge in [0, 0.05) is 6.42 Å². The predicted molar refractivity (Wildman–Crippen MR) is 123 cm³/mol. The van der Waals surface area contributed by atoms with E-state index < -0.39 is 51.3 Å². The fraction of sp³-hybridized carbons (Fsp3) is 0.400. The van der Waals surface area contributed by atoms with Crippen molar-refractivity contribution >= 4 is 37.7 Å². The lowest BCUT2D eigenvalue weighted by atomic mass is 10.1. The van der Waals surface area contributed by atoms with Crippen molar-refractivity contribution in [3.8, 4) is 0 Å². The molecule has 8 N–H and O–H groups in total. The summed E-state index contributed by atoms with van der Waals surface area (Å²) in [5, 5.41) is 23.7. The fourth-order valence-corrected chi connectivity index (χ4v) is 4.95. The van der Waals surface area contributed by atoms with Crippen LogP contribution in [0.5, 0.6) is 0 Å². The topological polar surface area (TPSA) is 226 Å². The smallest absolute Gasteiger partial charge is 0.383 e. The van der Waals surface area contributed by atoms with Crippen LogP contribution in [-0.4, -0.2) is 76.8 Å². The second-order valence-corrected chi connectivity index (χ2v) is 9.72. The number of anilines is 2. The van der Waals surface area contributed by atoms with Crippen molar-refractivity contribution in [2.45, 2.75) is 37.0 Å². The number of nitrogens with two attached hydrogens (primary N) is 1. The number of carbonyl (C=O) groups excluding carboxylic acids is 1. The van der Waals surface area contributed by atoms with Gasteiger partial charge in [-0.1, -0.05) is 30.3 Å². The molecule has 0 aliphatic carbocycles. The van der Waals surface area contributed by atoms with Crippen molar-refractivity contribution in [3.05, 3.63) is 42.2 Å². The average molecular weight is 524 g/mol. The number of nitrogen functional groups attached to an aromatic ring is 1. The van der Waals surface area contributed by atoms with Gasteiger partial charge in [-0.25, -0.2) is 4.98 Å². The van der Waals surface area contributed by atoms with Gasteiger partial charge in [0.15, 0.2) is 5.82 Å². The number of aliphatic hydroxyl groups is 2. The third-order valence-electron chi connectivity index (χ3n) is 5.66. The summed E-state index contributed by atoms with van der Waals surface area (Å²) in [6, 6.07) is 7.90. The number of carbonyl (C=O) groups is 1. The summed E-state index contributed by atoms with van der Waals surface area (Å²) < 4.78 is 20.8. The third-order valence-corrected chi connectivity index (χ3v) is 7.12. The molecular formula is C20H27N7O8P+2. The number of benzene rings is 1. The molecule has 16 heteroatoms. The molecule has 1 fully saturated rings. The van der Waals surface area contributed by atoms with Crippen LogP contribution < -0.4 is 31.5 Å². The normalized spacial score (nSPS) is 25.4. The predicted octanol–water partition coefficient (Wildman–Crippen LogP) is -3.08. The maximum absolute atomic E-state index is 13.2. The summed E-state index contributed by atoms with van der Waals surface area (Å²) in [5.41, 5.74) is 6.87. The van der Waals surface area contributed by atoms with E-state index in [1.54, 1.807) is 24.3 Å². The highest BCUT2D eigenvalue weighted by molar-refractivity contribution is 7.56. The van der Waals surface area contributed by atoms with E-state index in [1.807, 2.05) is 6.07 Å². The van der Waals surface area contributed by atoms with Gasteiger partial charge in [0.1, 0.15) is 37.3 Å². The second-order valence-electron chi connectivity index (χ2n) is 7.95. The lowest BCUT2D eigenvalue weighted by Gasteiger charge is -2.27. The van der Waals surface area contributed by atoms with E-state index in [-0.39, 0.29) is 18.1 Å². The standard InChI is InChI=1S/C20H27N7O8P/c1-32-20(30)12(7-11-5-3-2-4-6-11)26-36(31,35-22)33-8-13-15(28)16(29)19(34-13)27-10-25-14-17(21)23-9-24-18(14)27/h2-6,9-10,12-13,15-16,19,28-29H,7-8H2,1,22H3,(H,26,31)(H2,21,23,24)/q+2/t12?,13-,15-,16+,19-,36?/m0/s1. The summed E-state index contributed by atoms with van der Waals surface area (Å²) in [5.74, 6) is 2.92. The zero-order valence-electron chi connectivity index (χ0n) is 19.2. The van der Waals surface area contributed by atoms with E-state index in [0.717, 1.165) is 5.56 Å². The van der Waals surface area contributed by atoms with Crippen molar-refractivity contribution in [1.82, 2.24) is 20.0 Å². The van der Waals surface area contributed by atoms with Gasteiger partial charge in [-0.15, -0.1) is 5.09 Å². The van der Waals surface area contributed by atoms with Gasteiger partial charge in [-0.3, -0.25) is 4.79 Å². The molecule has 0 spiro atoms. The minimum atomic E-state index is -4.18. The van der Waals surface area contributed by atoms with E-state index in [0.29, 0.717) is 5.69 Å². The van der Waals surface area contributed by atoms with Gasteiger partial charge < -0.3 is 30.3 Å². The van der Waals surface area contributed by atoms with Crippen molar-refractivity contribution in [3.63, 3.8) is 0 Å². The molecule has 2 aliphatic heterocycles. The number of fused-ring (bicyclic) bond motifs is 1. The molecule has 1 aromatic heterocycles. The lowest BCUT2D eigenvalue weighted by Crippen LogP contribution is -2.56. The molecule has 4 rings (SSSR count). The van der Waals surface area contributed by atoms with E-state index in [9.17, 15) is 19.9 Å². The minimum Gasteiger partial charge on any atom is -0.611 e. The first-order valence-electron chi connectivity index (χ1n) is 10.8. The number of rotatable bonds is 10. The highest BCUT2D eigenvalue weighted by atomic mass is 31.2. The Morgan fingerprint density at radius 3 is 2.81 bits per heavy atom. The first-order valence-corrected chi connectivity index (χ1v) is 12.3. The summed E-state index contributed by atoms with van der Waals surface area (Å²) in [4.78, 5) is 39.0. The maximum Gasteiger partial charge on any atom is 0.383 e. The van der Waals surface area contributed by atoms with Crippen LogP contribution in [-0.2, 0) is 29.8 Å². The molecular weight excluding hydrogens is 497 g/mol. The molecule has 0 amide bonds. The molecule has 2 aliphatic rings. The van der Waals surface area contributed by atoms with E-state index in [4.69, 9.17) is 24.4 Å². The summed E-state index contributed by atoms with van der Waals surface area (Å²) in [6.07, 6.45) is -2.34. The molecule has 0 saturated carbocycles. The zero-order chi connectivity index (χ0) is 25.9. The van der Waals surface area contributed by atoms with Gasteiger partial charge in [0.2, 0.25) is 6.23 Å². The van der Waals surface area contributed by atoms with E-state index in [1.165, 1.54) is 24.7 Å². The fourth-order valence-electron chi connectivity index (χ4n) is 3.80. The molecule has 1 saturated heterocycles. The quantitative estimate of drug-likeness (QED) is 0.118. The number of aromatic nitrogens is 2. The lowest BCUT2D eigenvalue weighted by molar-refractivity contribution is -0.652. The number of nitrogens with one attached hydrogen (secondary N) is 1. The zero-order valence-corrected chi connectivity index (χ0v) is 20.1. The molecule has 0 bridgehead atoms. The molecule has 1 aromatic carbocycles. The maximum atomic E-state index is 13.2. The number of quaternary nitrogens is 1. The Kier molecular flexibility index (Phi) is 8.04. The van der Waals surface area contributed by atoms with E-state index in [2.05, 4.69) is 25.9 Å². The van der Waals surface area contributed by atoms with Crippen molar-refractivity contribution in [2.24, 2.45) is 0 Å². The van der Waals surface area contributed by atoms with Crippen molar-refractivity contribution in [2.75, 3.05) is 24.4 Å². The average Bonchev–Trinajstić information content (AvgIpc) is 3.44. The highest BCUT2D eigenvalue weighted by Gasteiger charge is 2.53. The third kappa shape index (κ3) is 5.44. The van der Waals surface area contributed by atoms with Crippen LogP contribution in [0.15, 0.2) is 36.7 Å². The number of ether oxygens (including phenoxy) is 2. The number of aliphatic hydroxyl groups excluding tert-OH is 2. The van der Waals surface area contributed by atoms with Gasteiger partial charge >= 0.3 is 14.1 Å². The summed E-state index contributed by atoms with van der Waals surface area (Å²) >= 11 is 0. The number of hydrogen-bond acceptors (Lipinski definition) is 14. The van der Waals surface area contributed by atoms with E-state index >= 15 is 0 Å². The highest BCUT2D eigenvalue weighted by Crippen LogP contribution is 2.47. The van der Waals surface area contributed by atoms with Gasteiger partial charge in [0.25, 0.3) is 17.8 Å². The molecule has 3 heterocycles. The van der Waals surface area contributed by atoms with Crippen molar-refractivity contribution in [1.29, 1.82) is 0 Å². The summed E-state index contributed by atoms with van der Waals surface area (Å²) in [6.45, 7) is -0.475. The Labute approximate surface area is 206 Å². The Bertz CT molecular complexity index is 1100. The monoisotopic (exact) mass is 524 g/mol. The number of nitrogens with zero attached hydrogens (tertiary/aromatic N) is 4. The number of esters is 1. The Balaban J connectivity index is 1.42. The SMILES string of the molecule is COC(=O)C(Cc1ccccc1)N[P+]([O-])(O[NH3+])OC[C@@H]1O[C@H](N2C=[N+]c3c(N)ncnc32)[C@H](O)[C@H]1O. The molecule has 2 aromatic rings. The molecule has 2 unspecified atom stereocenters. The Hall–Kier alpha value is -2.85. The first-order chi connectivity index (χ1) is 17.3. The molecule has 15 nitrogen and oxygen atoms in total. The molecule has 36 heavy (non-hydrogen) atoms. The Morgan fingerprint density at radius 2 is 2.11 bits per heavy atom. The number of hydrogen-bond donors (Lipinski definition) is 5. The van der Waals surface area contributed by atoms with Crippen LogP contribution in [0.2, 0.25) is 0 Å². The van der Waals surface area contributed by atoms with Crippen LogP contribution in [0, 0.1) is 0 Å². The van der Waals surface area contributed by atoms with Gasteiger partial charge in [0.05, 0.1) is 7.11 Å². The minimum absolute atomic E-state index is 0.131. The van der Waals surface area contributed by atoms with Gasteiger partial charge in [-0.05, 0) is 15.2 Å². The van der Waals surface area contributed by atoms with Gasteiger partial charge in [-0.2, -0.15) is 20.3 Å². The summed E-state index contributed by atoms with van der Waals surface area (Å²) in [7, 11) is -2.98. The number of methoxy groups -OCH3 is 1. The van der Waals surface area contributed by atoms with Crippen molar-refractivity contribution < 1.29 is 44.4 Å². The van der Waals surface area contributed by atoms with Crippen LogP contribution >= 0.6 is 8.09 Å².